The molecule has 0 N–H and O–H groups in total. The average molecular weight is 481 g/mol. The van der Waals surface area contributed by atoms with Crippen LogP contribution in [0.4, 0.5) is 0 Å². The van der Waals surface area contributed by atoms with Gasteiger partial charge in [-0.2, -0.15) is 0 Å². The zero-order chi connectivity index (χ0) is 23.9. The fourth-order valence-corrected chi connectivity index (χ4v) is 6.70. The maximum Gasteiger partial charge on any atom is 0.0790 e. The lowest BCUT2D eigenvalue weighted by Crippen LogP contribution is -2.07. The zero-order valence-corrected chi connectivity index (χ0v) is 20.9. The van der Waals surface area contributed by atoms with Crippen LogP contribution in [-0.4, -0.2) is 16.1 Å². The Bertz CT molecular complexity index is 1630. The highest BCUT2D eigenvalue weighted by Gasteiger charge is 2.16. The minimum absolute atomic E-state index is 0.697. The molecule has 0 saturated carbocycles. The monoisotopic (exact) mass is 480 g/mol. The van der Waals surface area contributed by atoms with Gasteiger partial charge in [-0.1, -0.05) is 106 Å². The number of hydrogen-bond acceptors (Lipinski definition) is 2. The van der Waals surface area contributed by atoms with Crippen molar-refractivity contribution in [3.05, 3.63) is 126 Å². The summed E-state index contributed by atoms with van der Waals surface area (Å²) in [6.45, 7) is 0. The molecule has 0 saturated heterocycles. The highest BCUT2D eigenvalue weighted by Crippen LogP contribution is 2.34. The van der Waals surface area contributed by atoms with Gasteiger partial charge in [-0.25, -0.2) is 0 Å². The molecule has 1 atom stereocenters. The van der Waals surface area contributed by atoms with E-state index in [2.05, 4.69) is 109 Å². The quantitative estimate of drug-likeness (QED) is 0.210. The summed E-state index contributed by atoms with van der Waals surface area (Å²) in [6.07, 6.45) is 2.82. The number of nitrogens with zero attached hydrogens (tertiary/aromatic N) is 2. The third kappa shape index (κ3) is 3.79. The Balaban J connectivity index is 1.52. The summed E-state index contributed by atoms with van der Waals surface area (Å²) in [4.78, 5) is 10.5. The van der Waals surface area contributed by atoms with Crippen molar-refractivity contribution < 1.29 is 0 Å². The van der Waals surface area contributed by atoms with Crippen LogP contribution in [0.1, 0.15) is 17.0 Å². The molecule has 2 aromatic heterocycles. The third-order valence-corrected chi connectivity index (χ3v) is 8.43. The molecular weight excluding hydrogens is 455 g/mol. The van der Waals surface area contributed by atoms with Crippen molar-refractivity contribution in [1.29, 1.82) is 0 Å². The molecule has 0 radical (unpaired) electrons. The van der Waals surface area contributed by atoms with E-state index in [9.17, 15) is 0 Å². The molecule has 1 aliphatic rings. The first kappa shape index (κ1) is 21.4. The SMILES string of the molecule is c1ccc2c(c1)CCPc1ccccc1-c1nc(cc3ccccc13)Cc1cc3ccccc3c-2n1. The molecule has 6 aromatic rings. The molecule has 0 fully saturated rings. The second kappa shape index (κ2) is 8.97. The smallest absolute Gasteiger partial charge is 0.0790 e. The average Bonchev–Trinajstić information content (AvgIpc) is 2.92. The van der Waals surface area contributed by atoms with E-state index in [1.165, 1.54) is 43.5 Å². The topological polar surface area (TPSA) is 25.8 Å². The first-order chi connectivity index (χ1) is 17.8. The number of fused-ring (bicyclic) bond motifs is 12. The molecule has 4 bridgehead atoms. The molecule has 4 aromatic carbocycles. The molecule has 3 heteroatoms. The zero-order valence-electron chi connectivity index (χ0n) is 19.9. The van der Waals surface area contributed by atoms with Crippen LogP contribution < -0.4 is 5.30 Å². The predicted octanol–water partition coefficient (Wildman–Crippen LogP) is 7.57. The number of rotatable bonds is 0. The van der Waals surface area contributed by atoms with Gasteiger partial charge in [-0.05, 0) is 46.4 Å². The van der Waals surface area contributed by atoms with Gasteiger partial charge in [-0.3, -0.25) is 9.97 Å². The van der Waals surface area contributed by atoms with Crippen LogP contribution in [-0.2, 0) is 12.8 Å². The number of hydrogen-bond donors (Lipinski definition) is 0. The molecular formula is C33H25N2P. The van der Waals surface area contributed by atoms with E-state index in [0.29, 0.717) is 15.0 Å². The first-order valence-electron chi connectivity index (χ1n) is 12.5. The number of aryl methyl sites for hydroxylation is 1. The summed E-state index contributed by atoms with van der Waals surface area (Å²) in [5.41, 5.74) is 8.16. The van der Waals surface area contributed by atoms with Crippen LogP contribution >= 0.6 is 8.58 Å². The van der Waals surface area contributed by atoms with Gasteiger partial charge in [0, 0.05) is 39.7 Å². The normalized spacial score (nSPS) is 13.8. The van der Waals surface area contributed by atoms with Gasteiger partial charge < -0.3 is 0 Å². The van der Waals surface area contributed by atoms with Crippen molar-refractivity contribution in [3.63, 3.8) is 0 Å². The predicted molar refractivity (Wildman–Crippen MR) is 154 cm³/mol. The molecule has 3 heterocycles. The number of benzene rings is 4. The molecule has 0 aliphatic carbocycles. The van der Waals surface area contributed by atoms with Gasteiger partial charge in [0.1, 0.15) is 0 Å². The summed E-state index contributed by atoms with van der Waals surface area (Å²) in [5.74, 6) is 0. The van der Waals surface area contributed by atoms with E-state index < -0.39 is 0 Å². The molecule has 36 heavy (non-hydrogen) atoms. The van der Waals surface area contributed by atoms with Crippen LogP contribution in [0.15, 0.2) is 109 Å². The highest BCUT2D eigenvalue weighted by atomic mass is 31.1. The Kier molecular flexibility index (Phi) is 5.34. The van der Waals surface area contributed by atoms with Crippen LogP contribution in [0.2, 0.25) is 0 Å². The van der Waals surface area contributed by atoms with Crippen molar-refractivity contribution in [2.24, 2.45) is 0 Å². The van der Waals surface area contributed by atoms with E-state index in [0.717, 1.165) is 35.4 Å². The standard InChI is InChI=1S/C33H25N2P/c1-4-12-27-22(9-1)17-18-36-31-16-8-7-15-30(31)33-29-14-6-3-11-24(29)20-26(35-33)21-25-19-23-10-2-5-13-28(23)32(27)34-25/h1-16,19-20,36H,17-18,21H2. The molecule has 0 amide bonds. The highest BCUT2D eigenvalue weighted by molar-refractivity contribution is 7.47. The Morgan fingerprint density at radius 2 is 1.11 bits per heavy atom. The Labute approximate surface area is 212 Å². The van der Waals surface area contributed by atoms with E-state index in [4.69, 9.17) is 9.97 Å². The van der Waals surface area contributed by atoms with Gasteiger partial charge >= 0.3 is 0 Å². The van der Waals surface area contributed by atoms with Gasteiger partial charge in [0.05, 0.1) is 11.4 Å². The van der Waals surface area contributed by atoms with Gasteiger partial charge in [0.15, 0.2) is 0 Å². The Morgan fingerprint density at radius 3 is 1.83 bits per heavy atom. The fourth-order valence-electron chi connectivity index (χ4n) is 5.43. The maximum absolute atomic E-state index is 5.27. The minimum Gasteiger partial charge on any atom is -0.252 e. The van der Waals surface area contributed by atoms with Crippen molar-refractivity contribution in [2.75, 3.05) is 6.16 Å². The second-order valence-electron chi connectivity index (χ2n) is 9.42. The summed E-state index contributed by atoms with van der Waals surface area (Å²) >= 11 is 0. The van der Waals surface area contributed by atoms with Gasteiger partial charge in [-0.15, -0.1) is 0 Å². The van der Waals surface area contributed by atoms with Gasteiger partial charge in [0.2, 0.25) is 0 Å². The lowest BCUT2D eigenvalue weighted by Gasteiger charge is -2.17. The molecule has 1 aliphatic heterocycles. The van der Waals surface area contributed by atoms with Crippen LogP contribution in [0.3, 0.4) is 0 Å². The maximum atomic E-state index is 5.27. The van der Waals surface area contributed by atoms with Crippen LogP contribution in [0.5, 0.6) is 0 Å². The Morgan fingerprint density at radius 1 is 0.556 bits per heavy atom. The van der Waals surface area contributed by atoms with Crippen molar-refractivity contribution in [2.45, 2.75) is 12.8 Å². The lowest BCUT2D eigenvalue weighted by atomic mass is 9.96. The van der Waals surface area contributed by atoms with Crippen molar-refractivity contribution in [3.8, 4) is 22.5 Å². The van der Waals surface area contributed by atoms with Crippen LogP contribution in [0, 0.1) is 0 Å². The van der Waals surface area contributed by atoms with E-state index in [-0.39, 0.29) is 0 Å². The van der Waals surface area contributed by atoms with Crippen LogP contribution in [0.25, 0.3) is 44.1 Å². The molecule has 2 nitrogen and oxygen atoms in total. The van der Waals surface area contributed by atoms with Crippen molar-refractivity contribution >= 4 is 35.4 Å². The first-order valence-corrected chi connectivity index (χ1v) is 13.7. The molecule has 0 spiro atoms. The minimum atomic E-state index is 0.697. The van der Waals surface area contributed by atoms with E-state index in [1.54, 1.807) is 0 Å². The third-order valence-electron chi connectivity index (χ3n) is 7.11. The second-order valence-corrected chi connectivity index (χ2v) is 10.8. The number of pyridine rings is 2. The lowest BCUT2D eigenvalue weighted by molar-refractivity contribution is 1.03. The summed E-state index contributed by atoms with van der Waals surface area (Å²) < 4.78 is 0. The summed E-state index contributed by atoms with van der Waals surface area (Å²) in [7, 11) is 0.713. The van der Waals surface area contributed by atoms with Crippen molar-refractivity contribution in [1.82, 2.24) is 9.97 Å². The largest absolute Gasteiger partial charge is 0.252 e. The van der Waals surface area contributed by atoms with E-state index in [1.807, 2.05) is 0 Å². The molecule has 172 valence electrons. The summed E-state index contributed by atoms with van der Waals surface area (Å²) in [6, 6.07) is 39.4. The Hall–Kier alpha value is -3.87. The van der Waals surface area contributed by atoms with E-state index >= 15 is 0 Å². The molecule has 7 rings (SSSR count). The molecule has 1 unspecified atom stereocenters. The number of aromatic nitrogens is 2. The van der Waals surface area contributed by atoms with Gasteiger partial charge in [0.25, 0.3) is 0 Å². The summed E-state index contributed by atoms with van der Waals surface area (Å²) in [5, 5.41) is 6.27. The fraction of sp³-hybridized carbons (Fsp3) is 0.0909.